The molecule has 70 valence electrons. The van der Waals surface area contributed by atoms with Crippen molar-refractivity contribution in [1.29, 1.82) is 0 Å². The largest absolute Gasteiger partial charge is 0.288 e. The van der Waals surface area contributed by atoms with E-state index in [9.17, 15) is 9.59 Å². The van der Waals surface area contributed by atoms with Crippen molar-refractivity contribution in [2.75, 3.05) is 12.3 Å². The first-order chi connectivity index (χ1) is 6.15. The average Bonchev–Trinajstić information content (AvgIpc) is 2.46. The van der Waals surface area contributed by atoms with Crippen LogP contribution in [0.2, 0.25) is 0 Å². The SMILES string of the molecule is C=CCN(C(C)=O)C1=NC(=O)CS1. The topological polar surface area (TPSA) is 49.7 Å². The zero-order chi connectivity index (χ0) is 9.84. The molecule has 1 aliphatic rings. The number of carbonyl (C=O) groups is 2. The summed E-state index contributed by atoms with van der Waals surface area (Å²) in [5.41, 5.74) is 0. The molecule has 0 saturated heterocycles. The van der Waals surface area contributed by atoms with Crippen molar-refractivity contribution >= 4 is 28.7 Å². The standard InChI is InChI=1S/C8H10N2O2S/c1-3-4-10(6(2)11)8-9-7(12)5-13-8/h3H,1,4-5H2,2H3. The number of aliphatic imine (C=N–C) groups is 1. The van der Waals surface area contributed by atoms with E-state index < -0.39 is 0 Å². The van der Waals surface area contributed by atoms with E-state index in [1.54, 1.807) is 6.08 Å². The Hall–Kier alpha value is -1.10. The molecule has 1 rings (SSSR count). The lowest BCUT2D eigenvalue weighted by Crippen LogP contribution is -2.32. The van der Waals surface area contributed by atoms with Gasteiger partial charge in [0.1, 0.15) is 0 Å². The van der Waals surface area contributed by atoms with Crippen molar-refractivity contribution in [2.24, 2.45) is 4.99 Å². The first-order valence-electron chi connectivity index (χ1n) is 3.78. The molecular formula is C8H10N2O2S. The van der Waals surface area contributed by atoms with Crippen molar-refractivity contribution in [2.45, 2.75) is 6.92 Å². The quantitative estimate of drug-likeness (QED) is 0.612. The monoisotopic (exact) mass is 198 g/mol. The fourth-order valence-corrected chi connectivity index (χ4v) is 1.75. The molecule has 0 aromatic heterocycles. The lowest BCUT2D eigenvalue weighted by molar-refractivity contribution is -0.124. The van der Waals surface area contributed by atoms with Crippen molar-refractivity contribution in [3.8, 4) is 0 Å². The maximum absolute atomic E-state index is 11.1. The fourth-order valence-electron chi connectivity index (χ4n) is 0.906. The average molecular weight is 198 g/mol. The smallest absolute Gasteiger partial charge is 0.258 e. The van der Waals surface area contributed by atoms with E-state index in [1.165, 1.54) is 23.6 Å². The molecule has 0 bridgehead atoms. The molecule has 0 saturated carbocycles. The minimum Gasteiger partial charge on any atom is -0.288 e. The van der Waals surface area contributed by atoms with E-state index in [0.29, 0.717) is 17.5 Å². The Balaban J connectivity index is 2.75. The Morgan fingerprint density at radius 1 is 1.85 bits per heavy atom. The van der Waals surface area contributed by atoms with Gasteiger partial charge in [0.25, 0.3) is 5.91 Å². The highest BCUT2D eigenvalue weighted by atomic mass is 32.2. The minimum absolute atomic E-state index is 0.124. The first kappa shape index (κ1) is 9.98. The van der Waals surface area contributed by atoms with Gasteiger partial charge in [-0.15, -0.1) is 6.58 Å². The Morgan fingerprint density at radius 2 is 2.54 bits per heavy atom. The third kappa shape index (κ3) is 2.42. The molecule has 0 N–H and O–H groups in total. The van der Waals surface area contributed by atoms with E-state index in [4.69, 9.17) is 0 Å². The number of amidine groups is 1. The van der Waals surface area contributed by atoms with Crippen molar-refractivity contribution < 1.29 is 9.59 Å². The molecule has 1 aliphatic heterocycles. The molecule has 0 aliphatic carbocycles. The molecule has 5 heteroatoms. The highest BCUT2D eigenvalue weighted by Crippen LogP contribution is 2.16. The van der Waals surface area contributed by atoms with Gasteiger partial charge in [-0.3, -0.25) is 14.5 Å². The third-order valence-corrected chi connectivity index (χ3v) is 2.43. The highest BCUT2D eigenvalue weighted by Gasteiger charge is 2.22. The van der Waals surface area contributed by atoms with Crippen LogP contribution in [0, 0.1) is 0 Å². The summed E-state index contributed by atoms with van der Waals surface area (Å²) in [6.45, 7) is 5.37. The van der Waals surface area contributed by atoms with Crippen molar-refractivity contribution in [3.63, 3.8) is 0 Å². The normalized spacial score (nSPS) is 15.5. The maximum Gasteiger partial charge on any atom is 0.258 e. The molecule has 0 spiro atoms. The summed E-state index contributed by atoms with van der Waals surface area (Å²) in [6.07, 6.45) is 1.60. The molecule has 0 radical (unpaired) electrons. The number of hydrogen-bond acceptors (Lipinski definition) is 3. The summed E-state index contributed by atoms with van der Waals surface area (Å²) in [7, 11) is 0. The molecule has 0 aromatic rings. The predicted octanol–water partition coefficient (Wildman–Crippen LogP) is 0.650. The summed E-state index contributed by atoms with van der Waals surface area (Å²) in [4.78, 5) is 27.1. The van der Waals surface area contributed by atoms with Crippen LogP contribution in [0.1, 0.15) is 6.92 Å². The van der Waals surface area contributed by atoms with Gasteiger partial charge in [-0.1, -0.05) is 17.8 Å². The zero-order valence-electron chi connectivity index (χ0n) is 7.32. The molecule has 13 heavy (non-hydrogen) atoms. The van der Waals surface area contributed by atoms with E-state index >= 15 is 0 Å². The summed E-state index contributed by atoms with van der Waals surface area (Å²) >= 11 is 1.28. The van der Waals surface area contributed by atoms with E-state index in [2.05, 4.69) is 11.6 Å². The number of carbonyl (C=O) groups excluding carboxylic acids is 2. The number of amides is 2. The van der Waals surface area contributed by atoms with Crippen LogP contribution >= 0.6 is 11.8 Å². The third-order valence-electron chi connectivity index (χ3n) is 1.47. The van der Waals surface area contributed by atoms with Crippen molar-refractivity contribution in [3.05, 3.63) is 12.7 Å². The molecule has 0 unspecified atom stereocenters. The number of hydrogen-bond donors (Lipinski definition) is 0. The Bertz CT molecular complexity index is 286. The minimum atomic E-state index is -0.185. The van der Waals surface area contributed by atoms with Gasteiger partial charge in [0.05, 0.1) is 5.75 Å². The fraction of sp³-hybridized carbons (Fsp3) is 0.375. The zero-order valence-corrected chi connectivity index (χ0v) is 8.13. The summed E-state index contributed by atoms with van der Waals surface area (Å²) in [5, 5.41) is 0.484. The Kier molecular flexibility index (Phi) is 3.25. The van der Waals surface area contributed by atoms with Crippen LogP contribution in [-0.4, -0.2) is 34.2 Å². The Labute approximate surface area is 80.7 Å². The van der Waals surface area contributed by atoms with Crippen LogP contribution < -0.4 is 0 Å². The highest BCUT2D eigenvalue weighted by molar-refractivity contribution is 8.14. The lowest BCUT2D eigenvalue weighted by Gasteiger charge is -2.16. The summed E-state index contributed by atoms with van der Waals surface area (Å²) < 4.78 is 0. The molecule has 2 amide bonds. The van der Waals surface area contributed by atoms with Gasteiger partial charge in [0, 0.05) is 13.5 Å². The van der Waals surface area contributed by atoms with Gasteiger partial charge in [-0.05, 0) is 0 Å². The van der Waals surface area contributed by atoms with Crippen LogP contribution in [-0.2, 0) is 9.59 Å². The van der Waals surface area contributed by atoms with Gasteiger partial charge in [-0.2, -0.15) is 4.99 Å². The van der Waals surface area contributed by atoms with Gasteiger partial charge in [-0.25, -0.2) is 0 Å². The number of thioether (sulfide) groups is 1. The second kappa shape index (κ2) is 4.23. The molecule has 0 atom stereocenters. The van der Waals surface area contributed by atoms with E-state index in [1.807, 2.05) is 0 Å². The second-order valence-electron chi connectivity index (χ2n) is 2.50. The molecular weight excluding hydrogens is 188 g/mol. The van der Waals surface area contributed by atoms with Gasteiger partial charge < -0.3 is 0 Å². The maximum atomic E-state index is 11.1. The molecule has 0 fully saturated rings. The van der Waals surface area contributed by atoms with Crippen molar-refractivity contribution in [1.82, 2.24) is 4.90 Å². The second-order valence-corrected chi connectivity index (χ2v) is 3.44. The lowest BCUT2D eigenvalue weighted by atomic mass is 10.5. The van der Waals surface area contributed by atoms with Crippen LogP contribution in [0.4, 0.5) is 0 Å². The van der Waals surface area contributed by atoms with E-state index in [0.717, 1.165) is 0 Å². The van der Waals surface area contributed by atoms with Crippen LogP contribution in [0.5, 0.6) is 0 Å². The molecule has 0 aromatic carbocycles. The Morgan fingerprint density at radius 3 is 2.92 bits per heavy atom. The molecule has 4 nitrogen and oxygen atoms in total. The number of nitrogens with zero attached hydrogens (tertiary/aromatic N) is 2. The first-order valence-corrected chi connectivity index (χ1v) is 4.77. The van der Waals surface area contributed by atoms with Crippen LogP contribution in [0.25, 0.3) is 0 Å². The van der Waals surface area contributed by atoms with Crippen LogP contribution in [0.3, 0.4) is 0 Å². The molecule has 1 heterocycles. The van der Waals surface area contributed by atoms with Gasteiger partial charge >= 0.3 is 0 Å². The van der Waals surface area contributed by atoms with E-state index in [-0.39, 0.29) is 11.8 Å². The predicted molar refractivity (Wildman–Crippen MR) is 52.5 cm³/mol. The summed E-state index contributed by atoms with van der Waals surface area (Å²) in [5.74, 6) is 0.0205. The summed E-state index contributed by atoms with van der Waals surface area (Å²) in [6, 6.07) is 0. The van der Waals surface area contributed by atoms with Gasteiger partial charge in [0.15, 0.2) is 5.17 Å². The van der Waals surface area contributed by atoms with Crippen LogP contribution in [0.15, 0.2) is 17.6 Å². The number of rotatable bonds is 2. The van der Waals surface area contributed by atoms with Gasteiger partial charge in [0.2, 0.25) is 5.91 Å².